The van der Waals surface area contributed by atoms with Crippen molar-refractivity contribution in [2.24, 2.45) is 0 Å². The summed E-state index contributed by atoms with van der Waals surface area (Å²) in [5.41, 5.74) is 1.07. The van der Waals surface area contributed by atoms with Crippen LogP contribution in [0.3, 0.4) is 0 Å². The fraction of sp³-hybridized carbons (Fsp3) is 0.500. The number of Topliss-reactive ketones (excluding diaryl/α,β-unsaturated/α-hetero) is 1. The molecule has 1 unspecified atom stereocenters. The zero-order valence-electron chi connectivity index (χ0n) is 11.4. The van der Waals surface area contributed by atoms with Gasteiger partial charge in [-0.15, -0.1) is 0 Å². The van der Waals surface area contributed by atoms with Gasteiger partial charge in [-0.3, -0.25) is 4.79 Å². The number of phenols is 1. The number of ketones is 1. The van der Waals surface area contributed by atoms with Crippen LogP contribution < -0.4 is 5.32 Å². The van der Waals surface area contributed by atoms with Crippen molar-refractivity contribution < 1.29 is 20.1 Å². The summed E-state index contributed by atoms with van der Waals surface area (Å²) in [6.45, 7) is 5.40. The number of nitrogens with one attached hydrogen (secondary N) is 1. The minimum absolute atomic E-state index is 0.125. The Morgan fingerprint density at radius 3 is 2.47 bits per heavy atom. The summed E-state index contributed by atoms with van der Waals surface area (Å²) in [7, 11) is 0. The van der Waals surface area contributed by atoms with E-state index in [1.807, 2.05) is 6.92 Å². The average Bonchev–Trinajstić information content (AvgIpc) is 2.37. The Morgan fingerprint density at radius 2 is 2.00 bits per heavy atom. The van der Waals surface area contributed by atoms with E-state index in [0.717, 1.165) is 0 Å². The lowest BCUT2D eigenvalue weighted by Gasteiger charge is -2.26. The van der Waals surface area contributed by atoms with E-state index in [9.17, 15) is 20.1 Å². The van der Waals surface area contributed by atoms with E-state index in [0.29, 0.717) is 17.7 Å². The van der Waals surface area contributed by atoms with Gasteiger partial charge in [-0.2, -0.15) is 0 Å². The molecule has 19 heavy (non-hydrogen) atoms. The van der Waals surface area contributed by atoms with Crippen molar-refractivity contribution in [2.45, 2.75) is 39.0 Å². The van der Waals surface area contributed by atoms with Crippen LogP contribution in [0.2, 0.25) is 0 Å². The molecule has 0 radical (unpaired) electrons. The number of aryl methyl sites for hydroxylation is 1. The first kappa shape index (κ1) is 15.6. The highest BCUT2D eigenvalue weighted by Crippen LogP contribution is 2.24. The van der Waals surface area contributed by atoms with Gasteiger partial charge >= 0.3 is 0 Å². The number of hydrogen-bond acceptors (Lipinski definition) is 5. The summed E-state index contributed by atoms with van der Waals surface area (Å²) < 4.78 is 0. The summed E-state index contributed by atoms with van der Waals surface area (Å²) in [6, 6.07) is 3.76. The van der Waals surface area contributed by atoms with Crippen LogP contribution in [0.4, 0.5) is 0 Å². The number of benzene rings is 1. The molecule has 5 heteroatoms. The van der Waals surface area contributed by atoms with E-state index in [-0.39, 0.29) is 11.5 Å². The van der Waals surface area contributed by atoms with E-state index in [4.69, 9.17) is 0 Å². The molecule has 1 aromatic rings. The molecular weight excluding hydrogens is 246 g/mol. The SMILES string of the molecule is CCNC(C(C)=O)[C@H](O)[C@@H](O)c1ccc(O)c(C)c1. The van der Waals surface area contributed by atoms with Crippen LogP contribution >= 0.6 is 0 Å². The molecular formula is C14H21NO4. The third kappa shape index (κ3) is 3.76. The summed E-state index contributed by atoms with van der Waals surface area (Å²) in [5.74, 6) is -0.107. The molecule has 0 fully saturated rings. The molecule has 5 nitrogen and oxygen atoms in total. The maximum Gasteiger partial charge on any atom is 0.149 e. The van der Waals surface area contributed by atoms with E-state index in [1.54, 1.807) is 13.0 Å². The summed E-state index contributed by atoms with van der Waals surface area (Å²) in [4.78, 5) is 11.5. The largest absolute Gasteiger partial charge is 0.508 e. The van der Waals surface area contributed by atoms with Crippen LogP contribution in [-0.4, -0.2) is 39.8 Å². The van der Waals surface area contributed by atoms with Gasteiger partial charge in [-0.25, -0.2) is 0 Å². The van der Waals surface area contributed by atoms with Crippen LogP contribution in [0, 0.1) is 6.92 Å². The van der Waals surface area contributed by atoms with Crippen molar-refractivity contribution in [3.63, 3.8) is 0 Å². The Kier molecular flexibility index (Phi) is 5.47. The van der Waals surface area contributed by atoms with E-state index in [1.165, 1.54) is 19.1 Å². The molecule has 0 bridgehead atoms. The number of hydrogen-bond donors (Lipinski definition) is 4. The lowest BCUT2D eigenvalue weighted by molar-refractivity contribution is -0.124. The molecule has 0 saturated carbocycles. The van der Waals surface area contributed by atoms with Crippen LogP contribution in [-0.2, 0) is 4.79 Å². The minimum Gasteiger partial charge on any atom is -0.508 e. The predicted octanol–water partition coefficient (Wildman–Crippen LogP) is 0.662. The van der Waals surface area contributed by atoms with Gasteiger partial charge in [-0.1, -0.05) is 13.0 Å². The highest BCUT2D eigenvalue weighted by molar-refractivity contribution is 5.82. The number of aliphatic hydroxyl groups excluding tert-OH is 2. The van der Waals surface area contributed by atoms with Gasteiger partial charge in [0, 0.05) is 0 Å². The number of carbonyl (C=O) groups is 1. The minimum atomic E-state index is -1.23. The zero-order chi connectivity index (χ0) is 14.6. The Hall–Kier alpha value is -1.43. The average molecular weight is 267 g/mol. The fourth-order valence-corrected chi connectivity index (χ4v) is 1.97. The van der Waals surface area contributed by atoms with Crippen LogP contribution in [0.1, 0.15) is 31.1 Å². The molecule has 3 atom stereocenters. The van der Waals surface area contributed by atoms with Crippen molar-refractivity contribution in [3.8, 4) is 5.75 Å². The maximum atomic E-state index is 11.5. The Morgan fingerprint density at radius 1 is 1.37 bits per heavy atom. The Labute approximate surface area is 112 Å². The molecule has 0 saturated heterocycles. The van der Waals surface area contributed by atoms with Gasteiger partial charge in [-0.05, 0) is 43.7 Å². The second kappa shape index (κ2) is 6.65. The molecule has 0 aromatic heterocycles. The summed E-state index contributed by atoms with van der Waals surface area (Å²) >= 11 is 0. The zero-order valence-corrected chi connectivity index (χ0v) is 11.4. The quantitative estimate of drug-likeness (QED) is 0.608. The van der Waals surface area contributed by atoms with Crippen LogP contribution in [0.5, 0.6) is 5.75 Å². The molecule has 4 N–H and O–H groups in total. The van der Waals surface area contributed by atoms with Crippen LogP contribution in [0.15, 0.2) is 18.2 Å². The molecule has 1 rings (SSSR count). The lowest BCUT2D eigenvalue weighted by Crippen LogP contribution is -2.47. The highest BCUT2D eigenvalue weighted by Gasteiger charge is 2.30. The van der Waals surface area contributed by atoms with Gasteiger partial charge in [0.15, 0.2) is 0 Å². The Bertz CT molecular complexity index is 447. The number of aliphatic hydroxyl groups is 2. The standard InChI is InChI=1S/C14H21NO4/c1-4-15-12(9(3)16)14(19)13(18)10-5-6-11(17)8(2)7-10/h5-7,12-15,17-19H,4H2,1-3H3/t12?,13-,14-/m0/s1. The van der Waals surface area contributed by atoms with Gasteiger partial charge in [0.1, 0.15) is 23.7 Å². The monoisotopic (exact) mass is 267 g/mol. The third-order valence-corrected chi connectivity index (χ3v) is 3.09. The van der Waals surface area contributed by atoms with E-state index in [2.05, 4.69) is 5.32 Å². The number of rotatable bonds is 6. The van der Waals surface area contributed by atoms with Gasteiger partial charge < -0.3 is 20.6 Å². The number of likely N-dealkylation sites (N-methyl/N-ethyl adjacent to an activating group) is 1. The first-order valence-electron chi connectivity index (χ1n) is 6.28. The number of aromatic hydroxyl groups is 1. The molecule has 0 aliphatic heterocycles. The van der Waals surface area contributed by atoms with Crippen molar-refractivity contribution in [2.75, 3.05) is 6.54 Å². The lowest BCUT2D eigenvalue weighted by atomic mass is 9.95. The smallest absolute Gasteiger partial charge is 0.149 e. The van der Waals surface area contributed by atoms with Crippen molar-refractivity contribution in [3.05, 3.63) is 29.3 Å². The second-order valence-electron chi connectivity index (χ2n) is 4.63. The maximum absolute atomic E-state index is 11.5. The fourth-order valence-electron chi connectivity index (χ4n) is 1.97. The first-order chi connectivity index (χ1) is 8.88. The molecule has 0 heterocycles. The molecule has 0 amide bonds. The Balaban J connectivity index is 2.93. The first-order valence-corrected chi connectivity index (χ1v) is 6.28. The van der Waals surface area contributed by atoms with Gasteiger partial charge in [0.25, 0.3) is 0 Å². The number of carbonyl (C=O) groups excluding carboxylic acids is 1. The summed E-state index contributed by atoms with van der Waals surface area (Å²) in [5, 5.41) is 32.5. The molecule has 0 aliphatic carbocycles. The normalized spacial score (nSPS) is 15.8. The van der Waals surface area contributed by atoms with E-state index < -0.39 is 18.2 Å². The molecule has 0 spiro atoms. The molecule has 106 valence electrons. The third-order valence-electron chi connectivity index (χ3n) is 3.09. The van der Waals surface area contributed by atoms with Crippen molar-refractivity contribution in [1.82, 2.24) is 5.32 Å². The topological polar surface area (TPSA) is 89.8 Å². The van der Waals surface area contributed by atoms with E-state index >= 15 is 0 Å². The highest BCUT2D eigenvalue weighted by atomic mass is 16.3. The van der Waals surface area contributed by atoms with Crippen LogP contribution in [0.25, 0.3) is 0 Å². The summed E-state index contributed by atoms with van der Waals surface area (Å²) in [6.07, 6.45) is -2.42. The second-order valence-corrected chi connectivity index (χ2v) is 4.63. The number of phenolic OH excluding ortho intramolecular Hbond substituents is 1. The van der Waals surface area contributed by atoms with Gasteiger partial charge in [0.2, 0.25) is 0 Å². The molecule has 1 aromatic carbocycles. The van der Waals surface area contributed by atoms with Gasteiger partial charge in [0.05, 0.1) is 6.04 Å². The molecule has 0 aliphatic rings. The predicted molar refractivity (Wildman–Crippen MR) is 72.0 cm³/mol. The van der Waals surface area contributed by atoms with Crippen molar-refractivity contribution >= 4 is 5.78 Å². The van der Waals surface area contributed by atoms with Crippen molar-refractivity contribution in [1.29, 1.82) is 0 Å².